The molecule has 0 radical (unpaired) electrons. The van der Waals surface area contributed by atoms with Crippen molar-refractivity contribution in [2.75, 3.05) is 0 Å². The van der Waals surface area contributed by atoms with Crippen molar-refractivity contribution in [3.8, 4) is 6.07 Å². The maximum atomic E-state index is 12.5. The van der Waals surface area contributed by atoms with Crippen molar-refractivity contribution < 1.29 is 23.2 Å². The van der Waals surface area contributed by atoms with Crippen molar-refractivity contribution in [1.29, 1.82) is 5.26 Å². The van der Waals surface area contributed by atoms with Crippen LogP contribution in [0.4, 0.5) is 18.9 Å². The van der Waals surface area contributed by atoms with E-state index in [1.54, 1.807) is 0 Å². The number of aliphatic hydroxyl groups excluding tert-OH is 1. The first-order valence-corrected chi connectivity index (χ1v) is 4.20. The Hall–Kier alpha value is -2.14. The molecule has 5 nitrogen and oxygen atoms in total. The number of alkyl halides is 3. The molecule has 8 heteroatoms. The van der Waals surface area contributed by atoms with Gasteiger partial charge in [-0.1, -0.05) is 0 Å². The van der Waals surface area contributed by atoms with Gasteiger partial charge in [-0.15, -0.1) is 0 Å². The lowest BCUT2D eigenvalue weighted by Crippen LogP contribution is -2.11. The summed E-state index contributed by atoms with van der Waals surface area (Å²) in [6.45, 7) is -0.949. The number of aliphatic hydroxyl groups is 1. The molecule has 0 amide bonds. The highest BCUT2D eigenvalue weighted by molar-refractivity contribution is 5.54. The Morgan fingerprint density at radius 2 is 2.06 bits per heavy atom. The molecule has 0 saturated carbocycles. The van der Waals surface area contributed by atoms with E-state index in [1.807, 2.05) is 0 Å². The second kappa shape index (κ2) is 4.39. The van der Waals surface area contributed by atoms with Gasteiger partial charge < -0.3 is 5.11 Å². The van der Waals surface area contributed by atoms with Crippen LogP contribution in [0.15, 0.2) is 12.1 Å². The molecule has 0 aliphatic rings. The summed E-state index contributed by atoms with van der Waals surface area (Å²) in [7, 11) is 0. The van der Waals surface area contributed by atoms with Crippen molar-refractivity contribution in [1.82, 2.24) is 0 Å². The summed E-state index contributed by atoms with van der Waals surface area (Å²) in [6, 6.07) is 2.69. The van der Waals surface area contributed by atoms with E-state index in [0.29, 0.717) is 6.07 Å². The average molecular weight is 246 g/mol. The molecule has 0 fully saturated rings. The van der Waals surface area contributed by atoms with Gasteiger partial charge >= 0.3 is 6.18 Å². The smallest absolute Gasteiger partial charge is 0.391 e. The van der Waals surface area contributed by atoms with Crippen LogP contribution in [0.2, 0.25) is 0 Å². The van der Waals surface area contributed by atoms with Crippen molar-refractivity contribution >= 4 is 5.69 Å². The summed E-state index contributed by atoms with van der Waals surface area (Å²) in [6.07, 6.45) is -4.96. The minimum atomic E-state index is -4.96. The van der Waals surface area contributed by atoms with Crippen molar-refractivity contribution in [2.24, 2.45) is 0 Å². The van der Waals surface area contributed by atoms with E-state index in [9.17, 15) is 23.3 Å². The lowest BCUT2D eigenvalue weighted by atomic mass is 10.0. The Labute approximate surface area is 92.9 Å². The van der Waals surface area contributed by atoms with Gasteiger partial charge in [0.1, 0.15) is 5.56 Å². The molecular formula is C9H5F3N2O3. The number of hydrogen-bond acceptors (Lipinski definition) is 4. The topological polar surface area (TPSA) is 87.2 Å². The highest BCUT2D eigenvalue weighted by atomic mass is 19.4. The second-order valence-electron chi connectivity index (χ2n) is 3.06. The standard InChI is InChI=1S/C9H5F3N2O3/c10-9(11,12)7-2-5(3-13)1-6(4-15)8(7)14(16)17/h1-2,15H,4H2. The van der Waals surface area contributed by atoms with Crippen LogP contribution >= 0.6 is 0 Å². The quantitative estimate of drug-likeness (QED) is 0.638. The Balaban J connectivity index is 3.66. The van der Waals surface area contributed by atoms with Gasteiger partial charge in [-0.2, -0.15) is 18.4 Å². The largest absolute Gasteiger partial charge is 0.423 e. The number of halogens is 3. The molecule has 0 aliphatic carbocycles. The van der Waals surface area contributed by atoms with Crippen molar-refractivity contribution in [3.63, 3.8) is 0 Å². The predicted octanol–water partition coefficient (Wildman–Crippen LogP) is 1.98. The monoisotopic (exact) mass is 246 g/mol. The molecule has 1 aromatic rings. The summed E-state index contributed by atoms with van der Waals surface area (Å²) in [5.74, 6) is 0. The van der Waals surface area contributed by atoms with Crippen molar-refractivity contribution in [2.45, 2.75) is 12.8 Å². The van der Waals surface area contributed by atoms with E-state index in [-0.39, 0.29) is 0 Å². The SMILES string of the molecule is N#Cc1cc(CO)c([N+](=O)[O-])c(C(F)(F)F)c1. The fourth-order valence-electron chi connectivity index (χ4n) is 1.31. The van der Waals surface area contributed by atoms with E-state index in [4.69, 9.17) is 10.4 Å². The number of nitro benzene ring substituents is 1. The van der Waals surface area contributed by atoms with E-state index < -0.39 is 40.1 Å². The molecule has 0 unspecified atom stereocenters. The number of benzene rings is 1. The van der Waals surface area contributed by atoms with Crippen LogP contribution in [-0.4, -0.2) is 10.0 Å². The number of nitro groups is 1. The number of nitriles is 1. The fourth-order valence-corrected chi connectivity index (χ4v) is 1.31. The molecule has 0 heterocycles. The van der Waals surface area contributed by atoms with Gasteiger partial charge in [-0.25, -0.2) is 0 Å². The molecule has 90 valence electrons. The summed E-state index contributed by atoms with van der Waals surface area (Å²) in [4.78, 5) is 9.33. The first-order valence-electron chi connectivity index (χ1n) is 4.20. The third kappa shape index (κ3) is 2.51. The van der Waals surface area contributed by atoms with Crippen LogP contribution in [0.3, 0.4) is 0 Å². The minimum Gasteiger partial charge on any atom is -0.391 e. The van der Waals surface area contributed by atoms with Crippen molar-refractivity contribution in [3.05, 3.63) is 38.9 Å². The van der Waals surface area contributed by atoms with Crippen LogP contribution in [-0.2, 0) is 12.8 Å². The number of rotatable bonds is 2. The molecule has 0 bridgehead atoms. The zero-order valence-electron chi connectivity index (χ0n) is 8.15. The third-order valence-corrected chi connectivity index (χ3v) is 1.98. The Bertz CT molecular complexity index is 505. The van der Waals surface area contributed by atoms with Gasteiger partial charge in [0.15, 0.2) is 0 Å². The van der Waals surface area contributed by atoms with E-state index >= 15 is 0 Å². The zero-order chi connectivity index (χ0) is 13.2. The highest BCUT2D eigenvalue weighted by Gasteiger charge is 2.40. The molecule has 0 spiro atoms. The van der Waals surface area contributed by atoms with Gasteiger partial charge in [0.2, 0.25) is 0 Å². The number of hydrogen-bond donors (Lipinski definition) is 1. The van der Waals surface area contributed by atoms with Gasteiger partial charge in [-0.3, -0.25) is 10.1 Å². The van der Waals surface area contributed by atoms with E-state index in [0.717, 1.165) is 6.07 Å². The summed E-state index contributed by atoms with van der Waals surface area (Å²) < 4.78 is 37.6. The molecular weight excluding hydrogens is 241 g/mol. The van der Waals surface area contributed by atoms with Crippen LogP contribution in [0.5, 0.6) is 0 Å². The lowest BCUT2D eigenvalue weighted by molar-refractivity contribution is -0.389. The molecule has 1 aromatic carbocycles. The molecule has 17 heavy (non-hydrogen) atoms. The van der Waals surface area contributed by atoms with Crippen LogP contribution in [0.1, 0.15) is 16.7 Å². The molecule has 0 aromatic heterocycles. The Morgan fingerprint density at radius 3 is 2.41 bits per heavy atom. The number of nitrogens with zero attached hydrogens (tertiary/aromatic N) is 2. The first-order chi connectivity index (χ1) is 7.81. The van der Waals surface area contributed by atoms with Gasteiger partial charge in [0.05, 0.1) is 28.7 Å². The van der Waals surface area contributed by atoms with E-state index in [1.165, 1.54) is 6.07 Å². The maximum absolute atomic E-state index is 12.5. The normalized spacial score (nSPS) is 11.0. The van der Waals surface area contributed by atoms with Gasteiger partial charge in [0, 0.05) is 0 Å². The maximum Gasteiger partial charge on any atom is 0.423 e. The lowest BCUT2D eigenvalue weighted by Gasteiger charge is -2.10. The van der Waals surface area contributed by atoms with Crippen LogP contribution in [0.25, 0.3) is 0 Å². The Morgan fingerprint density at radius 1 is 1.47 bits per heavy atom. The fraction of sp³-hybridized carbons (Fsp3) is 0.222. The molecule has 1 N–H and O–H groups in total. The van der Waals surface area contributed by atoms with Crippen LogP contribution < -0.4 is 0 Å². The average Bonchev–Trinajstić information content (AvgIpc) is 2.25. The molecule has 1 rings (SSSR count). The van der Waals surface area contributed by atoms with Crippen LogP contribution in [0, 0.1) is 21.4 Å². The molecule has 0 aliphatic heterocycles. The molecule has 0 atom stereocenters. The third-order valence-electron chi connectivity index (χ3n) is 1.98. The van der Waals surface area contributed by atoms with Gasteiger partial charge in [0.25, 0.3) is 5.69 Å². The predicted molar refractivity (Wildman–Crippen MR) is 48.7 cm³/mol. The highest BCUT2D eigenvalue weighted by Crippen LogP contribution is 2.38. The van der Waals surface area contributed by atoms with Gasteiger partial charge in [-0.05, 0) is 12.1 Å². The second-order valence-corrected chi connectivity index (χ2v) is 3.06. The molecule has 0 saturated heterocycles. The summed E-state index contributed by atoms with van der Waals surface area (Å²) >= 11 is 0. The first kappa shape index (κ1) is 12.9. The summed E-state index contributed by atoms with van der Waals surface area (Å²) in [5.41, 5.74) is -3.70. The zero-order valence-corrected chi connectivity index (χ0v) is 8.15. The van der Waals surface area contributed by atoms with E-state index in [2.05, 4.69) is 0 Å². The minimum absolute atomic E-state index is 0.386. The Kier molecular flexibility index (Phi) is 3.34. The summed E-state index contributed by atoms with van der Waals surface area (Å²) in [5, 5.41) is 27.9.